The third-order valence-electron chi connectivity index (χ3n) is 3.15. The number of hydrogen-bond acceptors (Lipinski definition) is 4. The molecule has 21 heavy (non-hydrogen) atoms. The fourth-order valence-electron chi connectivity index (χ4n) is 2.12. The molecule has 0 radical (unpaired) electrons. The van der Waals surface area contributed by atoms with Crippen molar-refractivity contribution in [1.82, 2.24) is 4.98 Å². The lowest BCUT2D eigenvalue weighted by molar-refractivity contribution is 0.628. The molecule has 2 aromatic carbocycles. The molecule has 0 fully saturated rings. The van der Waals surface area contributed by atoms with Crippen LogP contribution in [0.3, 0.4) is 0 Å². The highest BCUT2D eigenvalue weighted by Crippen LogP contribution is 2.37. The van der Waals surface area contributed by atoms with E-state index in [1.54, 1.807) is 6.07 Å². The van der Waals surface area contributed by atoms with Gasteiger partial charge in [-0.2, -0.15) is 0 Å². The van der Waals surface area contributed by atoms with Crippen LogP contribution in [-0.2, 0) is 0 Å². The van der Waals surface area contributed by atoms with Crippen LogP contribution >= 0.6 is 23.1 Å². The minimum Gasteiger partial charge on any atom is -0.398 e. The van der Waals surface area contributed by atoms with Gasteiger partial charge in [0.15, 0.2) is 0 Å². The zero-order valence-electron chi connectivity index (χ0n) is 11.3. The predicted molar refractivity (Wildman–Crippen MR) is 89.1 cm³/mol. The van der Waals surface area contributed by atoms with Gasteiger partial charge in [-0.25, -0.2) is 9.37 Å². The summed E-state index contributed by atoms with van der Waals surface area (Å²) in [5.41, 5.74) is 8.87. The van der Waals surface area contributed by atoms with Crippen molar-refractivity contribution in [3.63, 3.8) is 0 Å². The van der Waals surface area contributed by atoms with Crippen molar-refractivity contribution in [2.45, 2.75) is 4.90 Å². The number of halogens is 1. The van der Waals surface area contributed by atoms with Gasteiger partial charge in [0.25, 0.3) is 0 Å². The molecule has 3 rings (SSSR count). The molecule has 5 heteroatoms. The Labute approximate surface area is 130 Å². The molecule has 1 aromatic heterocycles. The van der Waals surface area contributed by atoms with E-state index in [9.17, 15) is 4.39 Å². The second kappa shape index (κ2) is 5.87. The van der Waals surface area contributed by atoms with Crippen LogP contribution in [-0.4, -0.2) is 11.2 Å². The molecule has 106 valence electrons. The molecule has 0 amide bonds. The Balaban J connectivity index is 2.10. The summed E-state index contributed by atoms with van der Waals surface area (Å²) in [6.45, 7) is 0. The maximum atomic E-state index is 14.1. The summed E-state index contributed by atoms with van der Waals surface area (Å²) < 4.78 is 14.1. The average molecular weight is 316 g/mol. The normalized spacial score (nSPS) is 10.8. The van der Waals surface area contributed by atoms with Gasteiger partial charge in [0, 0.05) is 21.5 Å². The van der Waals surface area contributed by atoms with Crippen molar-refractivity contribution in [3.05, 3.63) is 53.7 Å². The van der Waals surface area contributed by atoms with Crippen molar-refractivity contribution in [2.24, 2.45) is 0 Å². The number of benzene rings is 2. The summed E-state index contributed by atoms with van der Waals surface area (Å²) in [5, 5.41) is 2.59. The quantitative estimate of drug-likeness (QED) is 0.550. The minimum absolute atomic E-state index is 0.246. The van der Waals surface area contributed by atoms with Crippen LogP contribution in [0.1, 0.15) is 0 Å². The molecule has 0 unspecified atom stereocenters. The first kappa shape index (κ1) is 14.1. The number of aromatic nitrogens is 1. The van der Waals surface area contributed by atoms with Gasteiger partial charge in [-0.3, -0.25) is 0 Å². The molecule has 0 bridgehead atoms. The number of nitrogen functional groups attached to an aromatic ring is 1. The average Bonchev–Trinajstić information content (AvgIpc) is 2.96. The number of thiazole rings is 1. The number of hydrogen-bond donors (Lipinski definition) is 1. The highest BCUT2D eigenvalue weighted by molar-refractivity contribution is 7.98. The molecule has 3 aromatic rings. The Kier molecular flexibility index (Phi) is 3.94. The van der Waals surface area contributed by atoms with Gasteiger partial charge in [-0.15, -0.1) is 23.1 Å². The lowest BCUT2D eigenvalue weighted by Crippen LogP contribution is -1.90. The Morgan fingerprint density at radius 1 is 1.14 bits per heavy atom. The van der Waals surface area contributed by atoms with Gasteiger partial charge in [0.05, 0.1) is 11.3 Å². The van der Waals surface area contributed by atoms with E-state index >= 15 is 0 Å². The molecule has 2 N–H and O–H groups in total. The summed E-state index contributed by atoms with van der Waals surface area (Å²) in [4.78, 5) is 5.45. The predicted octanol–water partition coefficient (Wildman–Crippen LogP) is 4.92. The summed E-state index contributed by atoms with van der Waals surface area (Å²) in [6, 6.07) is 12.6. The van der Waals surface area contributed by atoms with E-state index in [-0.39, 0.29) is 5.82 Å². The van der Waals surface area contributed by atoms with E-state index in [4.69, 9.17) is 5.73 Å². The third-order valence-corrected chi connectivity index (χ3v) is 4.79. The number of anilines is 1. The zero-order chi connectivity index (χ0) is 14.8. The molecule has 1 heterocycles. The number of thioether (sulfide) groups is 1. The molecule has 0 saturated carbocycles. The van der Waals surface area contributed by atoms with Crippen LogP contribution < -0.4 is 5.73 Å². The fraction of sp³-hybridized carbons (Fsp3) is 0.0625. The molecule has 0 saturated heterocycles. The molecular weight excluding hydrogens is 303 g/mol. The second-order valence-corrected chi connectivity index (χ2v) is 6.15. The van der Waals surface area contributed by atoms with Crippen LogP contribution in [0.2, 0.25) is 0 Å². The molecule has 2 nitrogen and oxygen atoms in total. The minimum atomic E-state index is -0.246. The number of rotatable bonds is 3. The fourth-order valence-corrected chi connectivity index (χ4v) is 3.68. The summed E-state index contributed by atoms with van der Waals surface area (Å²) >= 11 is 2.94. The Morgan fingerprint density at radius 2 is 1.95 bits per heavy atom. The van der Waals surface area contributed by atoms with Crippen molar-refractivity contribution >= 4 is 28.8 Å². The van der Waals surface area contributed by atoms with E-state index in [2.05, 4.69) is 4.98 Å². The van der Waals surface area contributed by atoms with Gasteiger partial charge in [-0.05, 0) is 24.5 Å². The van der Waals surface area contributed by atoms with Gasteiger partial charge in [0.1, 0.15) is 10.8 Å². The van der Waals surface area contributed by atoms with Crippen LogP contribution in [0.15, 0.2) is 52.7 Å². The van der Waals surface area contributed by atoms with Crippen molar-refractivity contribution in [2.75, 3.05) is 12.0 Å². The summed E-state index contributed by atoms with van der Waals surface area (Å²) in [5.74, 6) is -0.246. The first-order valence-corrected chi connectivity index (χ1v) is 8.44. The van der Waals surface area contributed by atoms with Crippen LogP contribution in [0.5, 0.6) is 0 Å². The summed E-state index contributed by atoms with van der Waals surface area (Å²) in [6.07, 6.45) is 1.93. The number of nitrogens with zero attached hydrogens (tertiary/aromatic N) is 1. The third kappa shape index (κ3) is 2.66. The van der Waals surface area contributed by atoms with Crippen LogP contribution in [0.25, 0.3) is 21.8 Å². The smallest absolute Gasteiger partial charge is 0.134 e. The number of para-hydroxylation sites is 1. The Hall–Kier alpha value is -1.85. The first-order chi connectivity index (χ1) is 10.2. The molecule has 0 spiro atoms. The van der Waals surface area contributed by atoms with Gasteiger partial charge < -0.3 is 5.73 Å². The van der Waals surface area contributed by atoms with Gasteiger partial charge in [0.2, 0.25) is 0 Å². The van der Waals surface area contributed by atoms with E-state index in [1.807, 2.05) is 42.0 Å². The maximum Gasteiger partial charge on any atom is 0.134 e. The van der Waals surface area contributed by atoms with E-state index in [0.29, 0.717) is 16.3 Å². The lowest BCUT2D eigenvalue weighted by Gasteiger charge is -2.05. The Morgan fingerprint density at radius 3 is 2.71 bits per heavy atom. The zero-order valence-corrected chi connectivity index (χ0v) is 13.0. The van der Waals surface area contributed by atoms with Crippen LogP contribution in [0.4, 0.5) is 10.1 Å². The topological polar surface area (TPSA) is 38.9 Å². The van der Waals surface area contributed by atoms with Crippen LogP contribution in [0, 0.1) is 5.82 Å². The van der Waals surface area contributed by atoms with Crippen molar-refractivity contribution in [1.29, 1.82) is 0 Å². The van der Waals surface area contributed by atoms with Gasteiger partial charge >= 0.3 is 0 Å². The molecule has 0 atom stereocenters. The van der Waals surface area contributed by atoms with Gasteiger partial charge in [-0.1, -0.05) is 24.3 Å². The van der Waals surface area contributed by atoms with E-state index < -0.39 is 0 Å². The summed E-state index contributed by atoms with van der Waals surface area (Å²) in [7, 11) is 0. The highest BCUT2D eigenvalue weighted by atomic mass is 32.2. The molecule has 0 aliphatic rings. The van der Waals surface area contributed by atoms with E-state index in [0.717, 1.165) is 16.2 Å². The molecule has 0 aliphatic heterocycles. The number of nitrogens with two attached hydrogens (primary N) is 1. The second-order valence-electron chi connectivity index (χ2n) is 4.44. The molecular formula is C16H13FN2S2. The van der Waals surface area contributed by atoms with E-state index in [1.165, 1.54) is 29.2 Å². The lowest BCUT2D eigenvalue weighted by atomic mass is 10.1. The highest BCUT2D eigenvalue weighted by Gasteiger charge is 2.15. The SMILES string of the molecule is CSc1cccc(F)c1-c1nc(-c2ccccc2N)cs1. The largest absolute Gasteiger partial charge is 0.398 e. The monoisotopic (exact) mass is 316 g/mol. The molecule has 0 aliphatic carbocycles. The maximum absolute atomic E-state index is 14.1. The first-order valence-electron chi connectivity index (χ1n) is 6.34. The standard InChI is InChI=1S/C16H13FN2S2/c1-20-14-8-4-6-11(17)15(14)16-19-13(9-21-16)10-5-2-3-7-12(10)18/h2-9H,18H2,1H3. The Bertz CT molecular complexity index is 783. The van der Waals surface area contributed by atoms with Crippen molar-refractivity contribution < 1.29 is 4.39 Å². The van der Waals surface area contributed by atoms with Crippen molar-refractivity contribution in [3.8, 4) is 21.8 Å².